The molecule has 0 radical (unpaired) electrons. The fourth-order valence-corrected chi connectivity index (χ4v) is 6.42. The van der Waals surface area contributed by atoms with Crippen LogP contribution in [0.3, 0.4) is 0 Å². The molecule has 0 saturated heterocycles. The monoisotopic (exact) mass is 388 g/mol. The topological polar surface area (TPSA) is 97.4 Å². The first kappa shape index (κ1) is 18.0. The quantitative estimate of drug-likeness (QED) is 0.263. The molecule has 4 aliphatic carbocycles. The van der Waals surface area contributed by atoms with Crippen molar-refractivity contribution in [1.29, 1.82) is 0 Å². The van der Waals surface area contributed by atoms with Gasteiger partial charge in [-0.3, -0.25) is 14.4 Å². The Morgan fingerprint density at radius 2 is 1.62 bits per heavy atom. The number of alkyl halides is 1. The fourth-order valence-electron chi connectivity index (χ4n) is 6.36. The van der Waals surface area contributed by atoms with Crippen LogP contribution in [0.4, 0.5) is 0 Å². The maximum Gasteiger partial charge on any atom is 0.321 e. The van der Waals surface area contributed by atoms with E-state index in [2.05, 4.69) is 0 Å². The highest BCUT2D eigenvalue weighted by atomic mass is 35.5. The summed E-state index contributed by atoms with van der Waals surface area (Å²) in [6.07, 6.45) is 1.87. The number of esters is 3. The van der Waals surface area contributed by atoms with Gasteiger partial charge < -0.3 is 23.7 Å². The molecule has 0 aliphatic heterocycles. The lowest BCUT2D eigenvalue weighted by atomic mass is 9.36. The fraction of sp³-hybridized carbons (Fsp3) is 0.824. The van der Waals surface area contributed by atoms with Crippen molar-refractivity contribution in [3.63, 3.8) is 0 Å². The highest BCUT2D eigenvalue weighted by Crippen LogP contribution is 2.96. The van der Waals surface area contributed by atoms with Crippen LogP contribution in [0.15, 0.2) is 0 Å². The Labute approximate surface area is 155 Å². The van der Waals surface area contributed by atoms with Gasteiger partial charge in [-0.05, 0) is 18.3 Å². The SMILES string of the molecule is COCOC(=O)C12CC3(OC(=O)CCl)CC4(C(=O)OCOC)CC4(C1)C32. The average molecular weight is 389 g/mol. The zero-order chi connectivity index (χ0) is 18.8. The van der Waals surface area contributed by atoms with Gasteiger partial charge in [0.15, 0.2) is 13.6 Å². The van der Waals surface area contributed by atoms with Crippen LogP contribution in [-0.4, -0.2) is 57.2 Å². The van der Waals surface area contributed by atoms with E-state index in [0.717, 1.165) is 0 Å². The zero-order valence-electron chi connectivity index (χ0n) is 14.7. The number of carbonyl (C=O) groups excluding carboxylic acids is 3. The molecular weight excluding hydrogens is 368 g/mol. The summed E-state index contributed by atoms with van der Waals surface area (Å²) in [5.41, 5.74) is -2.65. The van der Waals surface area contributed by atoms with Crippen LogP contribution in [0.25, 0.3) is 0 Å². The van der Waals surface area contributed by atoms with E-state index in [9.17, 15) is 14.4 Å². The Kier molecular flexibility index (Phi) is 3.85. The molecule has 0 amide bonds. The molecule has 0 heterocycles. The first-order valence-corrected chi connectivity index (χ1v) is 9.00. The van der Waals surface area contributed by atoms with Crippen LogP contribution >= 0.6 is 11.6 Å². The second kappa shape index (κ2) is 5.56. The molecule has 5 atom stereocenters. The molecule has 26 heavy (non-hydrogen) atoms. The minimum Gasteiger partial charge on any atom is -0.458 e. The summed E-state index contributed by atoms with van der Waals surface area (Å²) < 4.78 is 25.7. The van der Waals surface area contributed by atoms with Gasteiger partial charge in [0, 0.05) is 33.0 Å². The van der Waals surface area contributed by atoms with Gasteiger partial charge >= 0.3 is 17.9 Å². The molecular formula is C17H21ClO8. The van der Waals surface area contributed by atoms with Gasteiger partial charge in [0.1, 0.15) is 11.5 Å². The van der Waals surface area contributed by atoms with Crippen LogP contribution in [-0.2, 0) is 38.1 Å². The molecule has 9 heteroatoms. The number of ether oxygens (including phenoxy) is 5. The molecule has 1 spiro atoms. The Balaban J connectivity index is 1.59. The van der Waals surface area contributed by atoms with E-state index in [0.29, 0.717) is 25.7 Å². The Hall–Kier alpha value is -1.38. The second-order valence-electron chi connectivity index (χ2n) is 7.88. The lowest BCUT2D eigenvalue weighted by Crippen LogP contribution is -2.74. The van der Waals surface area contributed by atoms with E-state index >= 15 is 0 Å². The van der Waals surface area contributed by atoms with Crippen molar-refractivity contribution in [2.75, 3.05) is 33.7 Å². The maximum atomic E-state index is 12.7. The van der Waals surface area contributed by atoms with Crippen molar-refractivity contribution >= 4 is 29.5 Å². The van der Waals surface area contributed by atoms with Crippen LogP contribution in [0, 0.1) is 22.2 Å². The van der Waals surface area contributed by atoms with Crippen molar-refractivity contribution < 1.29 is 38.1 Å². The predicted octanol–water partition coefficient (Wildman–Crippen LogP) is 0.992. The van der Waals surface area contributed by atoms with Gasteiger partial charge in [-0.15, -0.1) is 11.6 Å². The molecule has 0 N–H and O–H groups in total. The van der Waals surface area contributed by atoms with Gasteiger partial charge in [0.25, 0.3) is 0 Å². The summed E-state index contributed by atoms with van der Waals surface area (Å²) in [5.74, 6) is -1.78. The molecule has 5 unspecified atom stereocenters. The number of rotatable bonds is 8. The molecule has 4 fully saturated rings. The first-order chi connectivity index (χ1) is 12.4. The third kappa shape index (κ3) is 1.90. The van der Waals surface area contributed by atoms with Crippen molar-refractivity contribution in [1.82, 2.24) is 0 Å². The standard InChI is InChI=1S/C17H21ClO8/c1-22-8-24-12(20)14-4-15-6-16(15,13(21)25-9-23-2)7-17(5-14,11(14)15)26-10(19)3-18/h11H,3-9H2,1-2H3. The summed E-state index contributed by atoms with van der Waals surface area (Å²) in [4.78, 5) is 37.1. The van der Waals surface area contributed by atoms with Gasteiger partial charge in [-0.2, -0.15) is 0 Å². The van der Waals surface area contributed by atoms with Gasteiger partial charge in [-0.25, -0.2) is 0 Å². The minimum atomic E-state index is -0.847. The van der Waals surface area contributed by atoms with E-state index in [4.69, 9.17) is 35.3 Å². The lowest BCUT2D eigenvalue weighted by Gasteiger charge is -2.68. The normalized spacial score (nSPS) is 43.3. The van der Waals surface area contributed by atoms with E-state index < -0.39 is 22.4 Å². The van der Waals surface area contributed by atoms with Crippen LogP contribution in [0.5, 0.6) is 0 Å². The maximum absolute atomic E-state index is 12.7. The molecule has 4 aliphatic rings. The van der Waals surface area contributed by atoms with Gasteiger partial charge in [0.2, 0.25) is 0 Å². The van der Waals surface area contributed by atoms with E-state index in [-0.39, 0.29) is 42.7 Å². The molecule has 0 aromatic heterocycles. The minimum absolute atomic E-state index is 0.128. The summed E-state index contributed by atoms with van der Waals surface area (Å²) >= 11 is 5.60. The first-order valence-electron chi connectivity index (χ1n) is 8.47. The summed E-state index contributed by atoms with van der Waals surface area (Å²) in [6, 6.07) is 0. The lowest BCUT2D eigenvalue weighted by molar-refractivity contribution is -0.282. The van der Waals surface area contributed by atoms with Crippen molar-refractivity contribution in [2.45, 2.75) is 31.3 Å². The van der Waals surface area contributed by atoms with Crippen LogP contribution < -0.4 is 0 Å². The highest BCUT2D eigenvalue weighted by molar-refractivity contribution is 6.26. The third-order valence-corrected chi connectivity index (χ3v) is 6.98. The summed E-state index contributed by atoms with van der Waals surface area (Å²) in [7, 11) is 2.88. The molecule has 0 bridgehead atoms. The molecule has 144 valence electrons. The number of halogens is 1. The Morgan fingerprint density at radius 1 is 0.962 bits per heavy atom. The Morgan fingerprint density at radius 3 is 2.23 bits per heavy atom. The van der Waals surface area contributed by atoms with Gasteiger partial charge in [-0.1, -0.05) is 0 Å². The van der Waals surface area contributed by atoms with E-state index in [1.54, 1.807) is 0 Å². The van der Waals surface area contributed by atoms with E-state index in [1.165, 1.54) is 14.2 Å². The molecule has 0 aromatic rings. The van der Waals surface area contributed by atoms with Crippen molar-refractivity contribution in [3.8, 4) is 0 Å². The zero-order valence-corrected chi connectivity index (χ0v) is 15.4. The Bertz CT molecular complexity index is 682. The number of carbonyl (C=O) groups is 3. The van der Waals surface area contributed by atoms with Crippen molar-refractivity contribution in [3.05, 3.63) is 0 Å². The summed E-state index contributed by atoms with van der Waals surface area (Å²) in [6.45, 7) is -0.257. The number of hydrogen-bond donors (Lipinski definition) is 0. The number of hydrogen-bond acceptors (Lipinski definition) is 8. The van der Waals surface area contributed by atoms with Crippen LogP contribution in [0.1, 0.15) is 25.7 Å². The molecule has 4 rings (SSSR count). The molecule has 0 aromatic carbocycles. The average Bonchev–Trinajstić information content (AvgIpc) is 3.22. The second-order valence-corrected chi connectivity index (χ2v) is 8.15. The third-order valence-electron chi connectivity index (χ3n) is 6.76. The summed E-state index contributed by atoms with van der Waals surface area (Å²) in [5, 5.41) is 0. The van der Waals surface area contributed by atoms with E-state index in [1.807, 2.05) is 0 Å². The smallest absolute Gasteiger partial charge is 0.321 e. The van der Waals surface area contributed by atoms with Crippen molar-refractivity contribution in [2.24, 2.45) is 22.2 Å². The molecule has 4 saturated carbocycles. The number of methoxy groups -OCH3 is 2. The highest BCUT2D eigenvalue weighted by Gasteiger charge is 3.00. The molecule has 8 nitrogen and oxygen atoms in total. The largest absolute Gasteiger partial charge is 0.458 e. The van der Waals surface area contributed by atoms with Crippen LogP contribution in [0.2, 0.25) is 0 Å². The van der Waals surface area contributed by atoms with Gasteiger partial charge in [0.05, 0.1) is 10.8 Å². The predicted molar refractivity (Wildman–Crippen MR) is 84.7 cm³/mol.